The van der Waals surface area contributed by atoms with Crippen molar-refractivity contribution in [3.8, 4) is 0 Å². The summed E-state index contributed by atoms with van der Waals surface area (Å²) >= 11 is 1.46. The molecule has 0 bridgehead atoms. The molecule has 0 atom stereocenters. The number of hydrogen-bond acceptors (Lipinski definition) is 4. The lowest BCUT2D eigenvalue weighted by Crippen LogP contribution is -2.33. The van der Waals surface area contributed by atoms with Crippen LogP contribution >= 0.6 is 11.3 Å². The molecular formula is C23H41N3O2S. The van der Waals surface area contributed by atoms with E-state index in [1.807, 2.05) is 4.90 Å². The molecule has 0 spiro atoms. The van der Waals surface area contributed by atoms with Crippen LogP contribution in [0, 0.1) is 11.8 Å². The molecule has 1 aromatic heterocycles. The highest BCUT2D eigenvalue weighted by Gasteiger charge is 2.18. The fourth-order valence-electron chi connectivity index (χ4n) is 3.13. The van der Waals surface area contributed by atoms with Crippen molar-refractivity contribution >= 4 is 23.2 Å². The Morgan fingerprint density at radius 2 is 1.69 bits per heavy atom. The maximum absolute atomic E-state index is 12.8. The van der Waals surface area contributed by atoms with Gasteiger partial charge in [-0.3, -0.25) is 9.59 Å². The summed E-state index contributed by atoms with van der Waals surface area (Å²) in [5, 5.41) is 5.52. The van der Waals surface area contributed by atoms with Crippen LogP contribution in [0.5, 0.6) is 0 Å². The highest BCUT2D eigenvalue weighted by atomic mass is 32.1. The summed E-state index contributed by atoms with van der Waals surface area (Å²) in [6, 6.07) is 0. The molecule has 2 amide bonds. The van der Waals surface area contributed by atoms with E-state index in [0.717, 1.165) is 24.4 Å². The Morgan fingerprint density at radius 3 is 2.31 bits per heavy atom. The Balaban J connectivity index is 2.52. The number of thiazole rings is 1. The number of carbonyl (C=O) groups is 2. The standard InChI is InChI=1S/C23H41N3O2S/c1-6-7-8-9-10-11-12-13-22(27)26(15-19(4)5)16-21-25-20(17-29-21)23(28)24-14-18(2)3/h17-19H,6-16H2,1-5H3,(H,24,28). The Kier molecular flexibility index (Phi) is 12.8. The third kappa shape index (κ3) is 11.4. The van der Waals surface area contributed by atoms with Crippen LogP contribution in [0.15, 0.2) is 5.38 Å². The molecule has 1 rings (SSSR count). The van der Waals surface area contributed by atoms with Gasteiger partial charge in [0.1, 0.15) is 10.7 Å². The zero-order valence-corrected chi connectivity index (χ0v) is 19.9. The number of amides is 2. The van der Waals surface area contributed by atoms with Crippen molar-refractivity contribution in [2.75, 3.05) is 13.1 Å². The van der Waals surface area contributed by atoms with E-state index in [-0.39, 0.29) is 11.8 Å². The summed E-state index contributed by atoms with van der Waals surface area (Å²) in [5.74, 6) is 0.879. The van der Waals surface area contributed by atoms with Crippen molar-refractivity contribution in [2.45, 2.75) is 92.5 Å². The van der Waals surface area contributed by atoms with Crippen molar-refractivity contribution in [3.05, 3.63) is 16.1 Å². The molecule has 6 heteroatoms. The van der Waals surface area contributed by atoms with Crippen LogP contribution in [0.3, 0.4) is 0 Å². The first kappa shape index (κ1) is 25.6. The number of rotatable bonds is 15. The van der Waals surface area contributed by atoms with Gasteiger partial charge in [0.05, 0.1) is 6.54 Å². The first-order valence-electron chi connectivity index (χ1n) is 11.3. The predicted molar refractivity (Wildman–Crippen MR) is 122 cm³/mol. The Labute approximate surface area is 181 Å². The van der Waals surface area contributed by atoms with Crippen molar-refractivity contribution in [1.82, 2.24) is 15.2 Å². The topological polar surface area (TPSA) is 62.3 Å². The maximum atomic E-state index is 12.8. The number of carbonyl (C=O) groups excluding carboxylic acids is 2. The first-order chi connectivity index (χ1) is 13.8. The lowest BCUT2D eigenvalue weighted by molar-refractivity contribution is -0.132. The molecule has 0 saturated heterocycles. The largest absolute Gasteiger partial charge is 0.350 e. The van der Waals surface area contributed by atoms with Gasteiger partial charge in [-0.05, 0) is 18.3 Å². The Hall–Kier alpha value is -1.43. The van der Waals surface area contributed by atoms with Crippen LogP contribution < -0.4 is 5.32 Å². The molecule has 0 fully saturated rings. The van der Waals surface area contributed by atoms with Crippen molar-refractivity contribution in [1.29, 1.82) is 0 Å². The van der Waals surface area contributed by atoms with Gasteiger partial charge in [-0.25, -0.2) is 4.98 Å². The molecule has 0 saturated carbocycles. The van der Waals surface area contributed by atoms with Crippen molar-refractivity contribution < 1.29 is 9.59 Å². The molecule has 0 aliphatic heterocycles. The average Bonchev–Trinajstić information content (AvgIpc) is 3.13. The second kappa shape index (κ2) is 14.5. The lowest BCUT2D eigenvalue weighted by Gasteiger charge is -2.23. The van der Waals surface area contributed by atoms with Gasteiger partial charge in [0, 0.05) is 24.9 Å². The number of nitrogens with zero attached hydrogens (tertiary/aromatic N) is 2. The summed E-state index contributed by atoms with van der Waals surface area (Å²) < 4.78 is 0. The van der Waals surface area contributed by atoms with Gasteiger partial charge < -0.3 is 10.2 Å². The SMILES string of the molecule is CCCCCCCCCC(=O)N(Cc1nc(C(=O)NCC(C)C)cs1)CC(C)C. The maximum Gasteiger partial charge on any atom is 0.270 e. The Morgan fingerprint density at radius 1 is 1.03 bits per heavy atom. The minimum atomic E-state index is -0.133. The minimum Gasteiger partial charge on any atom is -0.350 e. The van der Waals surface area contributed by atoms with Crippen LogP contribution in [-0.2, 0) is 11.3 Å². The normalized spacial score (nSPS) is 11.3. The summed E-state index contributed by atoms with van der Waals surface area (Å²) in [6.45, 7) is 12.5. The molecule has 0 aromatic carbocycles. The van der Waals surface area contributed by atoms with E-state index in [1.54, 1.807) is 5.38 Å². The first-order valence-corrected chi connectivity index (χ1v) is 12.2. The molecule has 1 N–H and O–H groups in total. The summed E-state index contributed by atoms with van der Waals surface area (Å²) in [4.78, 5) is 31.3. The number of unbranched alkanes of at least 4 members (excludes halogenated alkanes) is 6. The second-order valence-electron chi connectivity index (χ2n) is 8.77. The summed E-state index contributed by atoms with van der Waals surface area (Å²) in [6.07, 6.45) is 9.07. The minimum absolute atomic E-state index is 0.133. The van der Waals surface area contributed by atoms with Gasteiger partial charge in [0.15, 0.2) is 0 Å². The highest BCUT2D eigenvalue weighted by molar-refractivity contribution is 7.09. The van der Waals surface area contributed by atoms with Crippen molar-refractivity contribution in [2.24, 2.45) is 11.8 Å². The smallest absolute Gasteiger partial charge is 0.270 e. The van der Waals surface area contributed by atoms with Crippen LogP contribution in [-0.4, -0.2) is 34.8 Å². The zero-order chi connectivity index (χ0) is 21.6. The van der Waals surface area contributed by atoms with Gasteiger partial charge in [0.2, 0.25) is 5.91 Å². The van der Waals surface area contributed by atoms with Crippen LogP contribution in [0.25, 0.3) is 0 Å². The van der Waals surface area contributed by atoms with E-state index in [2.05, 4.69) is 44.9 Å². The average molecular weight is 424 g/mol. The number of nitrogens with one attached hydrogen (secondary N) is 1. The molecule has 166 valence electrons. The van der Waals surface area contributed by atoms with E-state index in [9.17, 15) is 9.59 Å². The third-order valence-electron chi connectivity index (χ3n) is 4.71. The van der Waals surface area contributed by atoms with E-state index in [0.29, 0.717) is 37.0 Å². The molecule has 1 aromatic rings. The molecule has 0 aliphatic carbocycles. The highest BCUT2D eigenvalue weighted by Crippen LogP contribution is 2.16. The summed E-state index contributed by atoms with van der Waals surface area (Å²) in [7, 11) is 0. The number of aromatic nitrogens is 1. The molecule has 0 unspecified atom stereocenters. The van der Waals surface area contributed by atoms with E-state index < -0.39 is 0 Å². The molecule has 5 nitrogen and oxygen atoms in total. The second-order valence-corrected chi connectivity index (χ2v) is 9.71. The number of hydrogen-bond donors (Lipinski definition) is 1. The lowest BCUT2D eigenvalue weighted by atomic mass is 10.1. The molecular weight excluding hydrogens is 382 g/mol. The van der Waals surface area contributed by atoms with E-state index in [1.165, 1.54) is 43.4 Å². The quantitative estimate of drug-likeness (QED) is 0.371. The van der Waals surface area contributed by atoms with E-state index >= 15 is 0 Å². The van der Waals surface area contributed by atoms with Crippen LogP contribution in [0.4, 0.5) is 0 Å². The predicted octanol–water partition coefficient (Wildman–Crippen LogP) is 5.65. The van der Waals surface area contributed by atoms with Gasteiger partial charge in [-0.1, -0.05) is 73.1 Å². The van der Waals surface area contributed by atoms with E-state index in [4.69, 9.17) is 0 Å². The molecule has 0 aliphatic rings. The fraction of sp³-hybridized carbons (Fsp3) is 0.783. The van der Waals surface area contributed by atoms with Gasteiger partial charge in [-0.2, -0.15) is 0 Å². The van der Waals surface area contributed by atoms with Gasteiger partial charge in [0.25, 0.3) is 5.91 Å². The zero-order valence-electron chi connectivity index (χ0n) is 19.1. The molecule has 1 heterocycles. The van der Waals surface area contributed by atoms with Gasteiger partial charge >= 0.3 is 0 Å². The fourth-order valence-corrected chi connectivity index (χ4v) is 3.91. The van der Waals surface area contributed by atoms with Crippen molar-refractivity contribution in [3.63, 3.8) is 0 Å². The molecule has 29 heavy (non-hydrogen) atoms. The molecule has 0 radical (unpaired) electrons. The van der Waals surface area contributed by atoms with Crippen LogP contribution in [0.2, 0.25) is 0 Å². The Bertz CT molecular complexity index is 599. The third-order valence-corrected chi connectivity index (χ3v) is 5.55. The van der Waals surface area contributed by atoms with Crippen LogP contribution in [0.1, 0.15) is 101 Å². The summed E-state index contributed by atoms with van der Waals surface area (Å²) in [5.41, 5.74) is 0.453. The van der Waals surface area contributed by atoms with Gasteiger partial charge in [-0.15, -0.1) is 11.3 Å². The monoisotopic (exact) mass is 423 g/mol.